The monoisotopic (exact) mass is 343 g/mol. The van der Waals surface area contributed by atoms with Crippen LogP contribution in [0.15, 0.2) is 28.7 Å². The Hall–Kier alpha value is 0.0938. The number of rotatable bonds is 5. The van der Waals surface area contributed by atoms with Crippen LogP contribution in [0, 0.1) is 0 Å². The third kappa shape index (κ3) is 4.99. The molecule has 0 unspecified atom stereocenters. The smallest absolute Gasteiger partial charge is 0.112 e. The molecule has 0 aliphatic heterocycles. The first kappa shape index (κ1) is 16.1. The summed E-state index contributed by atoms with van der Waals surface area (Å²) in [6, 6.07) is 8.75. The second-order valence-corrected chi connectivity index (χ2v) is 18.0. The Morgan fingerprint density at radius 1 is 0.889 bits per heavy atom. The molecule has 1 aromatic carbocycles. The highest BCUT2D eigenvalue weighted by Crippen LogP contribution is 2.20. The summed E-state index contributed by atoms with van der Waals surface area (Å²) in [4.78, 5) is 0. The number of nitrogens with zero attached hydrogens (tertiary/aromatic N) is 1. The Labute approximate surface area is 123 Å². The van der Waals surface area contributed by atoms with E-state index in [0.29, 0.717) is 0 Å². The lowest BCUT2D eigenvalue weighted by molar-refractivity contribution is 0.612. The minimum absolute atomic E-state index is 1.17. The van der Waals surface area contributed by atoms with E-state index in [-0.39, 0.29) is 0 Å². The van der Waals surface area contributed by atoms with Crippen LogP contribution in [0.3, 0.4) is 0 Å². The summed E-state index contributed by atoms with van der Waals surface area (Å²) in [6.07, 6.45) is 1.17. The van der Waals surface area contributed by atoms with Gasteiger partial charge >= 0.3 is 0 Å². The Bertz CT molecular complexity index is 362. The summed E-state index contributed by atoms with van der Waals surface area (Å²) in [5, 5.41) is 0. The fraction of sp³-hybridized carbons (Fsp3) is 0.571. The topological polar surface area (TPSA) is 3.24 Å². The molecule has 0 heterocycles. The second-order valence-electron chi connectivity index (χ2n) is 6.87. The summed E-state index contributed by atoms with van der Waals surface area (Å²) < 4.78 is 4.01. The molecule has 0 aliphatic carbocycles. The molecule has 0 amide bonds. The van der Waals surface area contributed by atoms with E-state index in [1.165, 1.54) is 23.0 Å². The van der Waals surface area contributed by atoms with Gasteiger partial charge in [0.15, 0.2) is 0 Å². The van der Waals surface area contributed by atoms with Gasteiger partial charge in [0.25, 0.3) is 0 Å². The largest absolute Gasteiger partial charge is 0.345 e. The lowest BCUT2D eigenvalue weighted by atomic mass is 10.2. The normalized spacial score (nSPS) is 13.1. The summed E-state index contributed by atoms with van der Waals surface area (Å²) in [7, 11) is -2.40. The first-order valence-electron chi connectivity index (χ1n) is 6.63. The molecule has 0 N–H and O–H groups in total. The molecular weight excluding hydrogens is 318 g/mol. The number of hydrogen-bond donors (Lipinski definition) is 0. The standard InChI is InChI=1S/C14H26BrNSi2/c1-17(2,3)16(18(4,5)6)12-11-13-7-9-14(15)10-8-13/h7-10H,11-12H2,1-6H3. The lowest BCUT2D eigenvalue weighted by Gasteiger charge is -2.43. The highest BCUT2D eigenvalue weighted by molar-refractivity contribution is 9.10. The van der Waals surface area contributed by atoms with E-state index in [1.54, 1.807) is 0 Å². The maximum atomic E-state index is 3.49. The van der Waals surface area contributed by atoms with E-state index < -0.39 is 16.5 Å². The third-order valence-corrected chi connectivity index (χ3v) is 11.4. The van der Waals surface area contributed by atoms with Gasteiger partial charge in [-0.05, 0) is 30.7 Å². The fourth-order valence-electron chi connectivity index (χ4n) is 2.57. The van der Waals surface area contributed by atoms with Crippen molar-refractivity contribution in [1.82, 2.24) is 4.23 Å². The van der Waals surface area contributed by atoms with Crippen LogP contribution >= 0.6 is 15.9 Å². The van der Waals surface area contributed by atoms with Crippen LogP contribution in [0.5, 0.6) is 0 Å². The highest BCUT2D eigenvalue weighted by Gasteiger charge is 2.33. The molecule has 0 radical (unpaired) electrons. The van der Waals surface area contributed by atoms with Gasteiger partial charge in [0.2, 0.25) is 0 Å². The third-order valence-electron chi connectivity index (χ3n) is 3.16. The van der Waals surface area contributed by atoms with E-state index in [9.17, 15) is 0 Å². The SMILES string of the molecule is C[Si](C)(C)N(CCc1ccc(Br)cc1)[Si](C)(C)C. The van der Waals surface area contributed by atoms with Crippen molar-refractivity contribution >= 4 is 32.4 Å². The zero-order valence-electron chi connectivity index (χ0n) is 12.5. The lowest BCUT2D eigenvalue weighted by Crippen LogP contribution is -2.59. The van der Waals surface area contributed by atoms with Crippen LogP contribution in [-0.4, -0.2) is 27.2 Å². The van der Waals surface area contributed by atoms with Crippen LogP contribution in [0.1, 0.15) is 5.56 Å². The first-order valence-corrected chi connectivity index (χ1v) is 14.3. The zero-order valence-corrected chi connectivity index (χ0v) is 16.1. The molecule has 0 atom stereocenters. The van der Waals surface area contributed by atoms with Crippen LogP contribution in [-0.2, 0) is 6.42 Å². The minimum atomic E-state index is -1.20. The molecule has 0 aromatic heterocycles. The van der Waals surface area contributed by atoms with Gasteiger partial charge < -0.3 is 4.23 Å². The van der Waals surface area contributed by atoms with Gasteiger partial charge in [-0.15, -0.1) is 0 Å². The molecule has 4 heteroatoms. The van der Waals surface area contributed by atoms with Crippen molar-refractivity contribution in [2.24, 2.45) is 0 Å². The number of hydrogen-bond acceptors (Lipinski definition) is 1. The number of halogens is 1. The Kier molecular flexibility index (Phi) is 5.41. The van der Waals surface area contributed by atoms with Crippen molar-refractivity contribution in [2.45, 2.75) is 45.7 Å². The Balaban J connectivity index is 2.72. The van der Waals surface area contributed by atoms with Gasteiger partial charge in [-0.25, -0.2) is 0 Å². The van der Waals surface area contributed by atoms with E-state index in [2.05, 4.69) is 83.7 Å². The van der Waals surface area contributed by atoms with Crippen molar-refractivity contribution in [3.63, 3.8) is 0 Å². The maximum Gasteiger partial charge on any atom is 0.112 e. The van der Waals surface area contributed by atoms with Gasteiger partial charge in [-0.2, -0.15) is 0 Å². The molecule has 102 valence electrons. The molecule has 0 saturated heterocycles. The summed E-state index contributed by atoms with van der Waals surface area (Å²) in [6.45, 7) is 16.0. The predicted octanol–water partition coefficient (Wildman–Crippen LogP) is 4.96. The molecule has 1 nitrogen and oxygen atoms in total. The van der Waals surface area contributed by atoms with Gasteiger partial charge in [0.05, 0.1) is 0 Å². The molecular formula is C14H26BrNSi2. The summed E-state index contributed by atoms with van der Waals surface area (Å²) >= 11 is 3.49. The summed E-state index contributed by atoms with van der Waals surface area (Å²) in [5.74, 6) is 0. The van der Waals surface area contributed by atoms with E-state index in [0.717, 1.165) is 0 Å². The average molecular weight is 344 g/mol. The van der Waals surface area contributed by atoms with Crippen molar-refractivity contribution in [3.05, 3.63) is 34.3 Å². The van der Waals surface area contributed by atoms with Crippen LogP contribution in [0.25, 0.3) is 0 Å². The average Bonchev–Trinajstić information content (AvgIpc) is 2.17. The van der Waals surface area contributed by atoms with Crippen LogP contribution in [0.4, 0.5) is 0 Å². The van der Waals surface area contributed by atoms with E-state index >= 15 is 0 Å². The molecule has 0 fully saturated rings. The summed E-state index contributed by atoms with van der Waals surface area (Å²) in [5.41, 5.74) is 1.44. The van der Waals surface area contributed by atoms with Gasteiger partial charge in [-0.1, -0.05) is 67.3 Å². The fourth-order valence-corrected chi connectivity index (χ4v) is 12.4. The highest BCUT2D eigenvalue weighted by atomic mass is 79.9. The second kappa shape index (κ2) is 6.03. The van der Waals surface area contributed by atoms with Crippen molar-refractivity contribution < 1.29 is 0 Å². The van der Waals surface area contributed by atoms with E-state index in [1.807, 2.05) is 0 Å². The molecule has 0 bridgehead atoms. The predicted molar refractivity (Wildman–Crippen MR) is 91.2 cm³/mol. The van der Waals surface area contributed by atoms with E-state index in [4.69, 9.17) is 0 Å². The first-order chi connectivity index (χ1) is 8.10. The van der Waals surface area contributed by atoms with Crippen molar-refractivity contribution in [3.8, 4) is 0 Å². The Morgan fingerprint density at radius 2 is 1.33 bits per heavy atom. The molecule has 1 rings (SSSR count). The Morgan fingerprint density at radius 3 is 1.72 bits per heavy atom. The molecule has 0 saturated carbocycles. The molecule has 1 aromatic rings. The minimum Gasteiger partial charge on any atom is -0.345 e. The molecule has 0 aliphatic rings. The van der Waals surface area contributed by atoms with Crippen molar-refractivity contribution in [2.75, 3.05) is 6.54 Å². The molecule has 18 heavy (non-hydrogen) atoms. The zero-order chi connectivity index (χ0) is 14.0. The van der Waals surface area contributed by atoms with Gasteiger partial charge in [0, 0.05) is 4.47 Å². The quantitative estimate of drug-likeness (QED) is 0.682. The van der Waals surface area contributed by atoms with Gasteiger partial charge in [0.1, 0.15) is 16.5 Å². The van der Waals surface area contributed by atoms with Crippen LogP contribution in [0.2, 0.25) is 39.3 Å². The van der Waals surface area contributed by atoms with Gasteiger partial charge in [-0.3, -0.25) is 0 Å². The van der Waals surface area contributed by atoms with Crippen LogP contribution < -0.4 is 0 Å². The van der Waals surface area contributed by atoms with Crippen molar-refractivity contribution in [1.29, 1.82) is 0 Å². The maximum absolute atomic E-state index is 3.49. The number of benzene rings is 1. The molecule has 0 spiro atoms.